The molecule has 0 saturated heterocycles. The molecule has 0 radical (unpaired) electrons. The van der Waals surface area contributed by atoms with Gasteiger partial charge in [-0.05, 0) is 39.4 Å². The van der Waals surface area contributed by atoms with Crippen molar-refractivity contribution in [1.29, 1.82) is 0 Å². The van der Waals surface area contributed by atoms with Crippen molar-refractivity contribution in [2.24, 2.45) is 0 Å². The largest absolute Gasteiger partial charge is 0.478 e. The van der Waals surface area contributed by atoms with Crippen LogP contribution in [0.4, 0.5) is 0 Å². The first-order valence-electron chi connectivity index (χ1n) is 8.33. The van der Waals surface area contributed by atoms with E-state index in [2.05, 4.69) is 20.8 Å². The Kier molecular flexibility index (Phi) is 4.28. The lowest BCUT2D eigenvalue weighted by Crippen LogP contribution is -2.13. The quantitative estimate of drug-likeness (QED) is 0.682. The summed E-state index contributed by atoms with van der Waals surface area (Å²) < 4.78 is 0. The van der Waals surface area contributed by atoms with E-state index in [0.29, 0.717) is 16.5 Å². The normalized spacial score (nSPS) is 11.5. The summed E-state index contributed by atoms with van der Waals surface area (Å²) >= 11 is 0. The molecule has 0 unspecified atom stereocenters. The first-order chi connectivity index (χ1) is 12.2. The van der Waals surface area contributed by atoms with Crippen LogP contribution in [-0.4, -0.2) is 22.2 Å². The van der Waals surface area contributed by atoms with Gasteiger partial charge in [0.25, 0.3) is 0 Å². The number of hydrogen-bond acceptors (Lipinski definition) is 2. The number of hydrogen-bond donors (Lipinski definition) is 2. The fraction of sp³-hybridized carbons (Fsp3) is 0.182. The third-order valence-corrected chi connectivity index (χ3v) is 4.51. The number of rotatable bonds is 3. The number of carboxylic acid groups (broad SMARTS) is 2. The van der Waals surface area contributed by atoms with Crippen molar-refractivity contribution in [3.05, 3.63) is 71.3 Å². The summed E-state index contributed by atoms with van der Waals surface area (Å²) in [4.78, 5) is 23.7. The summed E-state index contributed by atoms with van der Waals surface area (Å²) in [5, 5.41) is 20.8. The summed E-state index contributed by atoms with van der Waals surface area (Å²) in [5.74, 6) is -2.49. The Hall–Kier alpha value is -3.14. The lowest BCUT2D eigenvalue weighted by molar-refractivity contribution is 0.0652. The number of benzene rings is 3. The molecule has 0 spiro atoms. The molecule has 0 aliphatic carbocycles. The van der Waals surface area contributed by atoms with E-state index in [1.54, 1.807) is 12.1 Å². The van der Waals surface area contributed by atoms with E-state index in [4.69, 9.17) is 0 Å². The molecular weight excluding hydrogens is 328 g/mol. The van der Waals surface area contributed by atoms with E-state index in [-0.39, 0.29) is 16.5 Å². The lowest BCUT2D eigenvalue weighted by atomic mass is 9.83. The van der Waals surface area contributed by atoms with E-state index in [1.807, 2.05) is 36.4 Å². The van der Waals surface area contributed by atoms with Gasteiger partial charge in [-0.15, -0.1) is 0 Å². The maximum absolute atomic E-state index is 12.0. The Morgan fingerprint density at radius 2 is 1.50 bits per heavy atom. The minimum absolute atomic E-state index is 0.114. The van der Waals surface area contributed by atoms with Crippen LogP contribution in [-0.2, 0) is 5.41 Å². The van der Waals surface area contributed by atoms with Gasteiger partial charge in [-0.3, -0.25) is 0 Å². The van der Waals surface area contributed by atoms with Crippen LogP contribution in [0.5, 0.6) is 0 Å². The predicted molar refractivity (Wildman–Crippen MR) is 102 cm³/mol. The smallest absolute Gasteiger partial charge is 0.337 e. The topological polar surface area (TPSA) is 74.6 Å². The zero-order chi connectivity index (χ0) is 19.1. The van der Waals surface area contributed by atoms with Crippen molar-refractivity contribution < 1.29 is 19.8 Å². The Balaban J connectivity index is 2.52. The minimum atomic E-state index is -1.25. The Morgan fingerprint density at radius 1 is 0.846 bits per heavy atom. The number of fused-ring (bicyclic) bond motifs is 1. The van der Waals surface area contributed by atoms with Crippen molar-refractivity contribution in [3.63, 3.8) is 0 Å². The molecule has 0 aliphatic rings. The first kappa shape index (κ1) is 17.7. The van der Waals surface area contributed by atoms with Crippen LogP contribution in [0.25, 0.3) is 21.9 Å². The second kappa shape index (κ2) is 6.30. The summed E-state index contributed by atoms with van der Waals surface area (Å²) in [6.45, 7) is 6.25. The molecule has 3 rings (SSSR count). The molecule has 0 heterocycles. The molecule has 0 aliphatic heterocycles. The fourth-order valence-electron chi connectivity index (χ4n) is 3.16. The highest BCUT2D eigenvalue weighted by Crippen LogP contribution is 2.37. The lowest BCUT2D eigenvalue weighted by Gasteiger charge is -2.21. The molecule has 0 atom stereocenters. The first-order valence-corrected chi connectivity index (χ1v) is 8.33. The number of carbonyl (C=O) groups is 2. The summed E-state index contributed by atoms with van der Waals surface area (Å²) in [6, 6.07) is 16.3. The van der Waals surface area contributed by atoms with Crippen molar-refractivity contribution in [3.8, 4) is 11.1 Å². The highest BCUT2D eigenvalue weighted by molar-refractivity contribution is 6.14. The SMILES string of the molecule is CC(C)(C)c1ccc2cc(C(=O)O)c(C(=O)O)c(-c3ccccc3)c2c1. The zero-order valence-electron chi connectivity index (χ0n) is 14.9. The van der Waals surface area contributed by atoms with Crippen LogP contribution in [0.1, 0.15) is 47.1 Å². The second-order valence-electron chi connectivity index (χ2n) is 7.34. The average molecular weight is 348 g/mol. The minimum Gasteiger partial charge on any atom is -0.478 e. The molecule has 0 saturated carbocycles. The molecule has 4 nitrogen and oxygen atoms in total. The van der Waals surface area contributed by atoms with Gasteiger partial charge >= 0.3 is 11.9 Å². The van der Waals surface area contributed by atoms with Crippen LogP contribution < -0.4 is 0 Å². The summed E-state index contributed by atoms with van der Waals surface area (Å²) in [5.41, 5.74) is 1.69. The Morgan fingerprint density at radius 3 is 2.04 bits per heavy atom. The standard InChI is InChI=1S/C22H20O4/c1-22(2,3)15-10-9-14-11-17(20(23)24)19(21(25)26)18(16(14)12-15)13-7-5-4-6-8-13/h4-12H,1-3H3,(H,23,24)(H,25,26). The molecule has 0 aromatic heterocycles. The van der Waals surface area contributed by atoms with Crippen LogP contribution in [0.2, 0.25) is 0 Å². The van der Waals surface area contributed by atoms with Gasteiger partial charge in [0, 0.05) is 5.56 Å². The van der Waals surface area contributed by atoms with E-state index in [0.717, 1.165) is 10.9 Å². The molecule has 0 fully saturated rings. The van der Waals surface area contributed by atoms with Gasteiger partial charge in [0.15, 0.2) is 0 Å². The van der Waals surface area contributed by atoms with Gasteiger partial charge < -0.3 is 10.2 Å². The Bertz CT molecular complexity index is 1010. The van der Waals surface area contributed by atoms with Crippen molar-refractivity contribution in [2.45, 2.75) is 26.2 Å². The van der Waals surface area contributed by atoms with Crippen molar-refractivity contribution >= 4 is 22.7 Å². The van der Waals surface area contributed by atoms with Gasteiger partial charge in [0.05, 0.1) is 11.1 Å². The van der Waals surface area contributed by atoms with Gasteiger partial charge in [-0.1, -0.05) is 63.2 Å². The van der Waals surface area contributed by atoms with Gasteiger partial charge in [0.2, 0.25) is 0 Å². The molecule has 4 heteroatoms. The van der Waals surface area contributed by atoms with E-state index in [9.17, 15) is 19.8 Å². The van der Waals surface area contributed by atoms with E-state index < -0.39 is 11.9 Å². The average Bonchev–Trinajstić information content (AvgIpc) is 2.59. The Labute approximate surface area is 151 Å². The number of carboxylic acids is 2. The predicted octanol–water partition coefficient (Wildman–Crippen LogP) is 5.20. The molecule has 0 bridgehead atoms. The van der Waals surface area contributed by atoms with Crippen molar-refractivity contribution in [2.75, 3.05) is 0 Å². The molecule has 26 heavy (non-hydrogen) atoms. The van der Waals surface area contributed by atoms with Crippen LogP contribution >= 0.6 is 0 Å². The summed E-state index contributed by atoms with van der Waals surface area (Å²) in [7, 11) is 0. The maximum Gasteiger partial charge on any atom is 0.337 e. The third kappa shape index (κ3) is 3.06. The second-order valence-corrected chi connectivity index (χ2v) is 7.34. The van der Waals surface area contributed by atoms with Gasteiger partial charge in [-0.25, -0.2) is 9.59 Å². The summed E-state index contributed by atoms with van der Waals surface area (Å²) in [6.07, 6.45) is 0. The maximum atomic E-state index is 12.0. The van der Waals surface area contributed by atoms with Crippen LogP contribution in [0, 0.1) is 0 Å². The van der Waals surface area contributed by atoms with Crippen LogP contribution in [0.3, 0.4) is 0 Å². The van der Waals surface area contributed by atoms with Gasteiger partial charge in [0.1, 0.15) is 0 Å². The zero-order valence-corrected chi connectivity index (χ0v) is 14.9. The van der Waals surface area contributed by atoms with Crippen molar-refractivity contribution in [1.82, 2.24) is 0 Å². The molecule has 0 amide bonds. The molecule has 3 aromatic carbocycles. The van der Waals surface area contributed by atoms with Crippen LogP contribution in [0.15, 0.2) is 54.6 Å². The van der Waals surface area contributed by atoms with E-state index >= 15 is 0 Å². The third-order valence-electron chi connectivity index (χ3n) is 4.51. The number of aromatic carboxylic acids is 2. The molecule has 2 N–H and O–H groups in total. The van der Waals surface area contributed by atoms with Gasteiger partial charge in [-0.2, -0.15) is 0 Å². The molecule has 132 valence electrons. The highest BCUT2D eigenvalue weighted by atomic mass is 16.4. The molecular formula is C22H20O4. The fourth-order valence-corrected chi connectivity index (χ4v) is 3.16. The highest BCUT2D eigenvalue weighted by Gasteiger charge is 2.25. The van der Waals surface area contributed by atoms with E-state index in [1.165, 1.54) is 6.07 Å². The molecule has 3 aromatic rings. The monoisotopic (exact) mass is 348 g/mol.